The van der Waals surface area contributed by atoms with Crippen LogP contribution >= 0.6 is 0 Å². The van der Waals surface area contributed by atoms with Crippen LogP contribution in [0.15, 0.2) is 36.4 Å². The number of nitro groups is 1. The van der Waals surface area contributed by atoms with Crippen molar-refractivity contribution in [2.75, 3.05) is 25.5 Å². The van der Waals surface area contributed by atoms with Gasteiger partial charge in [0.05, 0.1) is 11.5 Å². The Morgan fingerprint density at radius 3 is 2.20 bits per heavy atom. The van der Waals surface area contributed by atoms with Gasteiger partial charge in [0.1, 0.15) is 5.56 Å². The predicted molar refractivity (Wildman–Crippen MR) is 110 cm³/mol. The first-order chi connectivity index (χ1) is 14.1. The van der Waals surface area contributed by atoms with Crippen molar-refractivity contribution < 1.29 is 24.0 Å². The molecule has 0 heterocycles. The summed E-state index contributed by atoms with van der Waals surface area (Å²) in [6.07, 6.45) is 0. The number of ether oxygens (including phenoxy) is 1. The van der Waals surface area contributed by atoms with Crippen LogP contribution in [0, 0.1) is 30.9 Å². The summed E-state index contributed by atoms with van der Waals surface area (Å²) < 4.78 is 4.95. The standard InChI is InChI=1S/C21H23N3O6/c1-13-7-6-10-16(24(28)29)19(13)21(27)30-12-18(26)23(4)11-17(25)22-20-14(2)8-5-9-15(20)3/h5-10H,11-12H2,1-4H3,(H,22,25). The summed E-state index contributed by atoms with van der Waals surface area (Å²) in [5.74, 6) is -1.98. The van der Waals surface area contributed by atoms with E-state index in [0.29, 0.717) is 11.3 Å². The Balaban J connectivity index is 1.96. The van der Waals surface area contributed by atoms with Gasteiger partial charge in [0.2, 0.25) is 5.91 Å². The second-order valence-electron chi connectivity index (χ2n) is 6.87. The van der Waals surface area contributed by atoms with E-state index in [1.807, 2.05) is 32.0 Å². The van der Waals surface area contributed by atoms with Crippen LogP contribution in [-0.2, 0) is 14.3 Å². The molecule has 158 valence electrons. The number of benzene rings is 2. The minimum absolute atomic E-state index is 0.203. The Morgan fingerprint density at radius 1 is 1.03 bits per heavy atom. The minimum atomic E-state index is -0.971. The van der Waals surface area contributed by atoms with Crippen molar-refractivity contribution in [3.05, 3.63) is 68.8 Å². The molecular weight excluding hydrogens is 390 g/mol. The maximum atomic E-state index is 12.3. The maximum absolute atomic E-state index is 12.3. The summed E-state index contributed by atoms with van der Waals surface area (Å²) in [5, 5.41) is 13.9. The number of para-hydroxylation sites is 1. The number of esters is 1. The summed E-state index contributed by atoms with van der Waals surface area (Å²) in [4.78, 5) is 48.3. The van der Waals surface area contributed by atoms with Gasteiger partial charge in [-0.3, -0.25) is 19.7 Å². The van der Waals surface area contributed by atoms with Crippen molar-refractivity contribution >= 4 is 29.2 Å². The van der Waals surface area contributed by atoms with Gasteiger partial charge in [-0.15, -0.1) is 0 Å². The maximum Gasteiger partial charge on any atom is 0.345 e. The monoisotopic (exact) mass is 413 g/mol. The number of carbonyl (C=O) groups is 3. The number of amides is 2. The second-order valence-corrected chi connectivity index (χ2v) is 6.87. The molecule has 1 N–H and O–H groups in total. The Hall–Kier alpha value is -3.75. The van der Waals surface area contributed by atoms with Crippen LogP contribution in [0.3, 0.4) is 0 Å². The fourth-order valence-electron chi connectivity index (χ4n) is 2.87. The number of aryl methyl sites for hydroxylation is 3. The highest BCUT2D eigenvalue weighted by atomic mass is 16.6. The van der Waals surface area contributed by atoms with Gasteiger partial charge in [0.25, 0.3) is 11.6 Å². The van der Waals surface area contributed by atoms with Crippen LogP contribution < -0.4 is 5.32 Å². The number of hydrogen-bond donors (Lipinski definition) is 1. The van der Waals surface area contributed by atoms with Crippen molar-refractivity contribution in [3.63, 3.8) is 0 Å². The average molecular weight is 413 g/mol. The highest BCUT2D eigenvalue weighted by Gasteiger charge is 2.25. The third kappa shape index (κ3) is 5.40. The molecule has 2 aromatic carbocycles. The second kappa shape index (κ2) is 9.64. The van der Waals surface area contributed by atoms with E-state index in [0.717, 1.165) is 16.0 Å². The molecule has 0 atom stereocenters. The van der Waals surface area contributed by atoms with Gasteiger partial charge in [-0.1, -0.05) is 30.3 Å². The number of nitrogens with one attached hydrogen (secondary N) is 1. The first-order valence-corrected chi connectivity index (χ1v) is 9.13. The summed E-state index contributed by atoms with van der Waals surface area (Å²) in [7, 11) is 1.40. The van der Waals surface area contributed by atoms with E-state index in [4.69, 9.17) is 4.74 Å². The number of nitro benzene ring substituents is 1. The van der Waals surface area contributed by atoms with Crippen molar-refractivity contribution in [2.45, 2.75) is 20.8 Å². The molecule has 2 rings (SSSR count). The molecule has 2 amide bonds. The Labute approximate surface area is 173 Å². The van der Waals surface area contributed by atoms with Crippen LogP contribution in [0.2, 0.25) is 0 Å². The molecular formula is C21H23N3O6. The SMILES string of the molecule is Cc1cccc(C)c1NC(=O)CN(C)C(=O)COC(=O)c1c(C)cccc1[N+](=O)[O-]. The number of likely N-dealkylation sites (N-methyl/N-ethyl adjacent to an activating group) is 1. The topological polar surface area (TPSA) is 119 Å². The predicted octanol–water partition coefficient (Wildman–Crippen LogP) is 2.77. The lowest BCUT2D eigenvalue weighted by Gasteiger charge is -2.18. The largest absolute Gasteiger partial charge is 0.452 e. The lowest BCUT2D eigenvalue weighted by molar-refractivity contribution is -0.385. The number of hydrogen-bond acceptors (Lipinski definition) is 6. The van der Waals surface area contributed by atoms with E-state index in [9.17, 15) is 24.5 Å². The third-order valence-corrected chi connectivity index (χ3v) is 4.53. The van der Waals surface area contributed by atoms with Crippen molar-refractivity contribution in [3.8, 4) is 0 Å². The first-order valence-electron chi connectivity index (χ1n) is 9.13. The molecule has 0 aliphatic rings. The van der Waals surface area contributed by atoms with Gasteiger partial charge < -0.3 is 15.0 Å². The molecule has 0 fully saturated rings. The van der Waals surface area contributed by atoms with Gasteiger partial charge >= 0.3 is 5.97 Å². The third-order valence-electron chi connectivity index (χ3n) is 4.53. The van der Waals surface area contributed by atoms with Gasteiger partial charge in [-0.25, -0.2) is 4.79 Å². The zero-order chi connectivity index (χ0) is 22.4. The molecule has 0 spiro atoms. The zero-order valence-corrected chi connectivity index (χ0v) is 17.2. The Morgan fingerprint density at radius 2 is 1.60 bits per heavy atom. The fraction of sp³-hybridized carbons (Fsp3) is 0.286. The molecule has 0 aliphatic heterocycles. The van der Waals surface area contributed by atoms with E-state index >= 15 is 0 Å². The first kappa shape index (κ1) is 22.5. The van der Waals surface area contributed by atoms with E-state index < -0.39 is 35.0 Å². The average Bonchev–Trinajstić information content (AvgIpc) is 2.68. The summed E-state index contributed by atoms with van der Waals surface area (Å²) in [6.45, 7) is 4.38. The summed E-state index contributed by atoms with van der Waals surface area (Å²) in [5.41, 5.74) is 2.24. The van der Waals surface area contributed by atoms with Crippen LogP contribution in [0.4, 0.5) is 11.4 Å². The van der Waals surface area contributed by atoms with Crippen molar-refractivity contribution in [2.24, 2.45) is 0 Å². The lowest BCUT2D eigenvalue weighted by atomic mass is 10.1. The Kier molecular flexibility index (Phi) is 7.24. The van der Waals surface area contributed by atoms with Gasteiger partial charge in [-0.05, 0) is 37.5 Å². The van der Waals surface area contributed by atoms with E-state index in [-0.39, 0.29) is 12.1 Å². The van der Waals surface area contributed by atoms with E-state index in [1.165, 1.54) is 32.2 Å². The normalized spacial score (nSPS) is 10.3. The van der Waals surface area contributed by atoms with Crippen LogP contribution in [0.25, 0.3) is 0 Å². The molecule has 2 aromatic rings. The molecule has 0 radical (unpaired) electrons. The summed E-state index contributed by atoms with van der Waals surface area (Å²) >= 11 is 0. The molecule has 0 unspecified atom stereocenters. The van der Waals surface area contributed by atoms with Crippen LogP contribution in [0.1, 0.15) is 27.0 Å². The quantitative estimate of drug-likeness (QED) is 0.423. The minimum Gasteiger partial charge on any atom is -0.452 e. The number of anilines is 1. The molecule has 9 nitrogen and oxygen atoms in total. The number of nitrogens with zero attached hydrogens (tertiary/aromatic N) is 2. The summed E-state index contributed by atoms with van der Waals surface area (Å²) in [6, 6.07) is 9.79. The van der Waals surface area contributed by atoms with Gasteiger partial charge in [0, 0.05) is 18.8 Å². The number of carbonyl (C=O) groups excluding carboxylic acids is 3. The van der Waals surface area contributed by atoms with Crippen LogP contribution in [-0.4, -0.2) is 47.8 Å². The molecule has 0 aromatic heterocycles. The zero-order valence-electron chi connectivity index (χ0n) is 17.2. The van der Waals surface area contributed by atoms with Gasteiger partial charge in [-0.2, -0.15) is 0 Å². The highest BCUT2D eigenvalue weighted by Crippen LogP contribution is 2.23. The molecule has 0 saturated heterocycles. The highest BCUT2D eigenvalue weighted by molar-refractivity contribution is 5.98. The van der Waals surface area contributed by atoms with Crippen molar-refractivity contribution in [1.29, 1.82) is 0 Å². The van der Waals surface area contributed by atoms with Crippen LogP contribution in [0.5, 0.6) is 0 Å². The molecule has 0 saturated carbocycles. The number of rotatable bonds is 7. The Bertz CT molecular complexity index is 982. The van der Waals surface area contributed by atoms with E-state index in [1.54, 1.807) is 0 Å². The lowest BCUT2D eigenvalue weighted by Crippen LogP contribution is -2.37. The molecule has 0 bridgehead atoms. The molecule has 9 heteroatoms. The molecule has 30 heavy (non-hydrogen) atoms. The smallest absolute Gasteiger partial charge is 0.345 e. The fourth-order valence-corrected chi connectivity index (χ4v) is 2.87. The van der Waals surface area contributed by atoms with Gasteiger partial charge in [0.15, 0.2) is 6.61 Å². The van der Waals surface area contributed by atoms with E-state index in [2.05, 4.69) is 5.32 Å². The molecule has 0 aliphatic carbocycles. The van der Waals surface area contributed by atoms with Crippen molar-refractivity contribution in [1.82, 2.24) is 4.90 Å².